The van der Waals surface area contributed by atoms with Gasteiger partial charge in [0.25, 0.3) is 0 Å². The normalized spacial score (nSPS) is 15.9. The first-order chi connectivity index (χ1) is 31.8. The maximum Gasteiger partial charge on any atom is 0.0722 e. The molecule has 9 aromatic rings. The minimum atomic E-state index is -0.511. The molecule has 0 saturated carbocycles. The van der Waals surface area contributed by atoms with E-state index in [-0.39, 0.29) is 5.41 Å². The van der Waals surface area contributed by atoms with E-state index in [1.165, 1.54) is 94.6 Å². The summed E-state index contributed by atoms with van der Waals surface area (Å²) in [6.07, 6.45) is 8.08. The van der Waals surface area contributed by atoms with Crippen LogP contribution in [0.25, 0.3) is 39.0 Å². The summed E-state index contributed by atoms with van der Waals surface area (Å²) in [5.74, 6) is 0. The fourth-order valence-electron chi connectivity index (χ4n) is 11.9. The Balaban J connectivity index is 1.03. The van der Waals surface area contributed by atoms with Crippen LogP contribution in [-0.2, 0) is 10.8 Å². The molecule has 0 saturated heterocycles. The summed E-state index contributed by atoms with van der Waals surface area (Å²) in [6, 6.07) is 85.5. The standard InChI is InChI=1S/C63H43N/c1-4-20-44(21-5-1)48-26-14-19-35-61(48)64(47-37-38-53-51-29-10-15-31-55(51)62(60(53)41-47,45-22-6-2-7-23-45)46-24-8-3-9-25-46)42-43-36-39-59-54(40-43)52-30-13-18-34-58(52)63(59)56-32-16-11-27-49(56)50-28-12-17-33-57(50)63/h1-39,41-42H,40H2/b43-42+. The molecule has 0 aliphatic heterocycles. The molecule has 64 heavy (non-hydrogen) atoms. The zero-order valence-electron chi connectivity index (χ0n) is 35.3. The molecule has 0 bridgehead atoms. The van der Waals surface area contributed by atoms with Gasteiger partial charge in [0.05, 0.1) is 16.5 Å². The van der Waals surface area contributed by atoms with E-state index in [1.54, 1.807) is 0 Å². The Labute approximate surface area is 375 Å². The molecule has 9 aromatic carbocycles. The number of para-hydroxylation sites is 1. The van der Waals surface area contributed by atoms with E-state index in [0.717, 1.165) is 17.8 Å². The van der Waals surface area contributed by atoms with Gasteiger partial charge in [0.1, 0.15) is 0 Å². The van der Waals surface area contributed by atoms with Gasteiger partial charge in [0.15, 0.2) is 0 Å². The van der Waals surface area contributed by atoms with Gasteiger partial charge in [-0.05, 0) is 114 Å². The number of anilines is 2. The third-order valence-corrected chi connectivity index (χ3v) is 14.4. The summed E-state index contributed by atoms with van der Waals surface area (Å²) in [5.41, 5.74) is 23.7. The highest BCUT2D eigenvalue weighted by Gasteiger charge is 2.52. The first-order valence-electron chi connectivity index (χ1n) is 22.5. The maximum absolute atomic E-state index is 2.48. The lowest BCUT2D eigenvalue weighted by molar-refractivity contribution is 0.768. The number of fused-ring (bicyclic) bond motifs is 12. The topological polar surface area (TPSA) is 3.24 Å². The Hall–Kier alpha value is -8.00. The minimum absolute atomic E-state index is 0.353. The second kappa shape index (κ2) is 14.3. The number of nitrogens with zero attached hydrogens (tertiary/aromatic N) is 1. The summed E-state index contributed by atoms with van der Waals surface area (Å²) < 4.78 is 0. The number of hydrogen-bond acceptors (Lipinski definition) is 1. The average molecular weight is 814 g/mol. The van der Waals surface area contributed by atoms with Crippen molar-refractivity contribution >= 4 is 16.9 Å². The van der Waals surface area contributed by atoms with Crippen molar-refractivity contribution in [2.24, 2.45) is 0 Å². The molecule has 1 spiro atoms. The number of hydrogen-bond donors (Lipinski definition) is 0. The molecule has 0 fully saturated rings. The van der Waals surface area contributed by atoms with Crippen molar-refractivity contribution in [2.75, 3.05) is 4.90 Å². The predicted molar refractivity (Wildman–Crippen MR) is 265 cm³/mol. The van der Waals surface area contributed by atoms with Crippen LogP contribution in [0.5, 0.6) is 0 Å². The molecule has 13 rings (SSSR count). The lowest BCUT2D eigenvalue weighted by Gasteiger charge is -2.35. The van der Waals surface area contributed by atoms with Gasteiger partial charge in [-0.15, -0.1) is 0 Å². The van der Waals surface area contributed by atoms with Crippen molar-refractivity contribution in [1.82, 2.24) is 0 Å². The van der Waals surface area contributed by atoms with Gasteiger partial charge < -0.3 is 4.90 Å². The Bertz CT molecular complexity index is 3320. The molecular weight excluding hydrogens is 771 g/mol. The second-order valence-electron chi connectivity index (χ2n) is 17.5. The van der Waals surface area contributed by atoms with Crippen molar-refractivity contribution < 1.29 is 0 Å². The van der Waals surface area contributed by atoms with Gasteiger partial charge in [-0.25, -0.2) is 0 Å². The van der Waals surface area contributed by atoms with Crippen LogP contribution in [0.1, 0.15) is 50.9 Å². The maximum atomic E-state index is 2.48. The second-order valence-corrected chi connectivity index (χ2v) is 17.5. The quantitative estimate of drug-likeness (QED) is 0.162. The highest BCUT2D eigenvalue weighted by Crippen LogP contribution is 2.64. The first kappa shape index (κ1) is 36.6. The van der Waals surface area contributed by atoms with Gasteiger partial charge in [0.2, 0.25) is 0 Å². The smallest absolute Gasteiger partial charge is 0.0722 e. The zero-order chi connectivity index (χ0) is 42.2. The van der Waals surface area contributed by atoms with E-state index in [0.29, 0.717) is 0 Å². The summed E-state index contributed by atoms with van der Waals surface area (Å²) in [5, 5.41) is 0. The van der Waals surface area contributed by atoms with Gasteiger partial charge in [-0.3, -0.25) is 0 Å². The summed E-state index contributed by atoms with van der Waals surface area (Å²) in [7, 11) is 0. The Morgan fingerprint density at radius 1 is 0.359 bits per heavy atom. The molecule has 4 aliphatic carbocycles. The fourth-order valence-corrected chi connectivity index (χ4v) is 11.9. The van der Waals surface area contributed by atoms with E-state index in [4.69, 9.17) is 0 Å². The highest BCUT2D eigenvalue weighted by molar-refractivity contribution is 5.97. The summed E-state index contributed by atoms with van der Waals surface area (Å²) in [6.45, 7) is 0. The van der Waals surface area contributed by atoms with Gasteiger partial charge in [-0.1, -0.05) is 224 Å². The molecule has 1 heteroatoms. The summed E-state index contributed by atoms with van der Waals surface area (Å²) >= 11 is 0. The molecule has 0 heterocycles. The highest BCUT2D eigenvalue weighted by atomic mass is 15.1. The van der Waals surface area contributed by atoms with Crippen molar-refractivity contribution in [3.05, 3.63) is 305 Å². The lowest BCUT2D eigenvalue weighted by atomic mass is 9.67. The van der Waals surface area contributed by atoms with Gasteiger partial charge in [0, 0.05) is 17.5 Å². The average Bonchev–Trinajstić information content (AvgIpc) is 3.96. The largest absolute Gasteiger partial charge is 0.316 e. The Morgan fingerprint density at radius 2 is 0.812 bits per heavy atom. The third kappa shape index (κ3) is 5.07. The first-order valence-corrected chi connectivity index (χ1v) is 22.5. The van der Waals surface area contributed by atoms with Crippen LogP contribution < -0.4 is 4.90 Å². The third-order valence-electron chi connectivity index (χ3n) is 14.4. The van der Waals surface area contributed by atoms with Crippen LogP contribution in [0.2, 0.25) is 0 Å². The molecule has 0 aromatic heterocycles. The SMILES string of the molecule is C1=C/C(=C\N(c2ccc3c(c2)C(c2ccccc2)(c2ccccc2)c2ccccc2-3)c2ccccc2-c2ccccc2)CC2=C1C1(c3ccccc32)c2ccccc2-c2ccccc21. The lowest BCUT2D eigenvalue weighted by Crippen LogP contribution is -2.28. The van der Waals surface area contributed by atoms with E-state index in [2.05, 4.69) is 254 Å². The molecule has 4 aliphatic rings. The zero-order valence-corrected chi connectivity index (χ0v) is 35.3. The Morgan fingerprint density at radius 3 is 1.41 bits per heavy atom. The van der Waals surface area contributed by atoms with Gasteiger partial charge >= 0.3 is 0 Å². The predicted octanol–water partition coefficient (Wildman–Crippen LogP) is 15.5. The van der Waals surface area contributed by atoms with E-state index >= 15 is 0 Å². The summed E-state index contributed by atoms with van der Waals surface area (Å²) in [4.78, 5) is 2.47. The number of benzene rings is 9. The van der Waals surface area contributed by atoms with Crippen molar-refractivity contribution in [3.63, 3.8) is 0 Å². The van der Waals surface area contributed by atoms with Crippen LogP contribution in [0.4, 0.5) is 11.4 Å². The minimum Gasteiger partial charge on any atom is -0.316 e. The van der Waals surface area contributed by atoms with Crippen molar-refractivity contribution in [3.8, 4) is 33.4 Å². The van der Waals surface area contributed by atoms with Crippen molar-refractivity contribution in [2.45, 2.75) is 17.3 Å². The monoisotopic (exact) mass is 813 g/mol. The van der Waals surface area contributed by atoms with Crippen molar-refractivity contribution in [1.29, 1.82) is 0 Å². The molecule has 0 atom stereocenters. The van der Waals surface area contributed by atoms with Crippen LogP contribution in [-0.4, -0.2) is 0 Å². The molecule has 1 nitrogen and oxygen atoms in total. The number of rotatable bonds is 6. The van der Waals surface area contributed by atoms with E-state index < -0.39 is 5.41 Å². The molecule has 0 unspecified atom stereocenters. The number of allylic oxidation sites excluding steroid dienone is 5. The van der Waals surface area contributed by atoms with Gasteiger partial charge in [-0.2, -0.15) is 0 Å². The van der Waals surface area contributed by atoms with E-state index in [9.17, 15) is 0 Å². The molecular formula is C63H43N. The van der Waals surface area contributed by atoms with Crippen LogP contribution in [0.15, 0.2) is 260 Å². The molecule has 0 amide bonds. The van der Waals surface area contributed by atoms with Crippen LogP contribution >= 0.6 is 0 Å². The molecule has 0 radical (unpaired) electrons. The molecule has 0 N–H and O–H groups in total. The fraction of sp³-hybridized carbons (Fsp3) is 0.0476. The van der Waals surface area contributed by atoms with Crippen LogP contribution in [0.3, 0.4) is 0 Å². The van der Waals surface area contributed by atoms with E-state index in [1.807, 2.05) is 0 Å². The Kier molecular flexibility index (Phi) is 8.17. The van der Waals surface area contributed by atoms with Crippen LogP contribution in [0, 0.1) is 0 Å². The molecule has 300 valence electrons.